The first kappa shape index (κ1) is 13.5. The van der Waals surface area contributed by atoms with Crippen molar-refractivity contribution in [1.82, 2.24) is 14.5 Å². The molecule has 0 fully saturated rings. The number of halogens is 1. The van der Waals surface area contributed by atoms with Crippen LogP contribution in [0.4, 0.5) is 4.39 Å². The van der Waals surface area contributed by atoms with Crippen molar-refractivity contribution in [3.63, 3.8) is 0 Å². The average molecular weight is 263 g/mol. The van der Waals surface area contributed by atoms with Gasteiger partial charge in [0.25, 0.3) is 0 Å². The number of imidazole rings is 1. The van der Waals surface area contributed by atoms with E-state index in [1.165, 1.54) is 12.1 Å². The third kappa shape index (κ3) is 3.08. The smallest absolute Gasteiger partial charge is 0.125 e. The molecule has 0 radical (unpaired) electrons. The molecule has 19 heavy (non-hydrogen) atoms. The molecule has 1 heterocycles. The van der Waals surface area contributed by atoms with E-state index in [-0.39, 0.29) is 11.7 Å². The van der Waals surface area contributed by atoms with Crippen molar-refractivity contribution in [2.45, 2.75) is 19.5 Å². The lowest BCUT2D eigenvalue weighted by molar-refractivity contribution is 0.382. The topological polar surface area (TPSA) is 70.9 Å². The molecule has 0 spiro atoms. The molecule has 0 bridgehead atoms. The molecule has 6 heteroatoms. The monoisotopic (exact) mass is 263 g/mol. The second-order valence-electron chi connectivity index (χ2n) is 4.83. The van der Waals surface area contributed by atoms with Crippen LogP contribution in [0.3, 0.4) is 0 Å². The summed E-state index contributed by atoms with van der Waals surface area (Å²) >= 11 is 0. The number of aromatic nitrogens is 2. The third-order valence-corrected chi connectivity index (χ3v) is 2.85. The summed E-state index contributed by atoms with van der Waals surface area (Å²) in [5.74, 6) is 0.701. The van der Waals surface area contributed by atoms with E-state index in [0.29, 0.717) is 25.0 Å². The number of aryl methyl sites for hydroxylation is 1. The van der Waals surface area contributed by atoms with Crippen molar-refractivity contribution in [2.24, 2.45) is 5.73 Å². The van der Waals surface area contributed by atoms with E-state index in [4.69, 9.17) is 11.1 Å². The average Bonchev–Trinajstić information content (AvgIpc) is 2.61. The summed E-state index contributed by atoms with van der Waals surface area (Å²) in [5.41, 5.74) is 6.92. The molecule has 0 aliphatic carbocycles. The summed E-state index contributed by atoms with van der Waals surface area (Å²) in [7, 11) is 3.91. The zero-order valence-electron chi connectivity index (χ0n) is 11.2. The van der Waals surface area contributed by atoms with E-state index in [1.54, 1.807) is 6.07 Å². The summed E-state index contributed by atoms with van der Waals surface area (Å²) in [6.07, 6.45) is 0.462. The highest BCUT2D eigenvalue weighted by molar-refractivity contribution is 5.78. The molecule has 3 N–H and O–H groups in total. The van der Waals surface area contributed by atoms with Crippen LogP contribution in [0, 0.1) is 11.2 Å². The van der Waals surface area contributed by atoms with Gasteiger partial charge in [-0.2, -0.15) is 0 Å². The lowest BCUT2D eigenvalue weighted by Crippen LogP contribution is -2.18. The SMILES string of the molecule is CN(C)Cc1nc2cc(F)ccc2n1CCC(=N)N. The fourth-order valence-corrected chi connectivity index (χ4v) is 2.04. The van der Waals surface area contributed by atoms with E-state index < -0.39 is 0 Å². The van der Waals surface area contributed by atoms with Crippen molar-refractivity contribution in [2.75, 3.05) is 14.1 Å². The molecule has 102 valence electrons. The maximum atomic E-state index is 13.2. The highest BCUT2D eigenvalue weighted by atomic mass is 19.1. The minimum Gasteiger partial charge on any atom is -0.388 e. The van der Waals surface area contributed by atoms with Gasteiger partial charge in [0.05, 0.1) is 23.4 Å². The quantitative estimate of drug-likeness (QED) is 0.635. The maximum absolute atomic E-state index is 13.2. The van der Waals surface area contributed by atoms with Crippen molar-refractivity contribution in [3.8, 4) is 0 Å². The largest absolute Gasteiger partial charge is 0.388 e. The molecule has 5 nitrogen and oxygen atoms in total. The molecule has 2 rings (SSSR count). The first-order valence-electron chi connectivity index (χ1n) is 6.09. The lowest BCUT2D eigenvalue weighted by atomic mass is 10.3. The van der Waals surface area contributed by atoms with E-state index in [0.717, 1.165) is 11.3 Å². The molecule has 0 unspecified atom stereocenters. The summed E-state index contributed by atoms with van der Waals surface area (Å²) in [5, 5.41) is 7.32. The van der Waals surface area contributed by atoms with Gasteiger partial charge in [0, 0.05) is 19.0 Å². The highest BCUT2D eigenvalue weighted by Crippen LogP contribution is 2.18. The number of nitrogens with two attached hydrogens (primary N) is 1. The molecule has 2 aromatic rings. The summed E-state index contributed by atoms with van der Waals surface area (Å²) in [6.45, 7) is 1.24. The first-order valence-corrected chi connectivity index (χ1v) is 6.09. The Labute approximate surface area is 111 Å². The number of nitrogens with zero attached hydrogens (tertiary/aromatic N) is 3. The van der Waals surface area contributed by atoms with Crippen LogP contribution in [0.15, 0.2) is 18.2 Å². The van der Waals surface area contributed by atoms with Crippen molar-refractivity contribution >= 4 is 16.9 Å². The molecule has 0 aliphatic rings. The van der Waals surface area contributed by atoms with Gasteiger partial charge >= 0.3 is 0 Å². The van der Waals surface area contributed by atoms with Crippen LogP contribution >= 0.6 is 0 Å². The molecule has 0 amide bonds. The zero-order chi connectivity index (χ0) is 14.0. The van der Waals surface area contributed by atoms with Gasteiger partial charge in [0.15, 0.2) is 0 Å². The fourth-order valence-electron chi connectivity index (χ4n) is 2.04. The first-order chi connectivity index (χ1) is 8.97. The number of hydrogen-bond acceptors (Lipinski definition) is 3. The van der Waals surface area contributed by atoms with Gasteiger partial charge in [0.1, 0.15) is 11.6 Å². The standard InChI is InChI=1S/C13H18FN5/c1-18(2)8-13-17-10-7-9(14)3-4-11(10)19(13)6-5-12(15)16/h3-4,7H,5-6,8H2,1-2H3,(H3,15,16). The Kier molecular flexibility index (Phi) is 3.80. The Morgan fingerprint density at radius 1 is 1.47 bits per heavy atom. The van der Waals surface area contributed by atoms with Gasteiger partial charge in [-0.1, -0.05) is 0 Å². The van der Waals surface area contributed by atoms with E-state index in [2.05, 4.69) is 4.98 Å². The van der Waals surface area contributed by atoms with Crippen LogP contribution < -0.4 is 5.73 Å². The van der Waals surface area contributed by atoms with Crippen LogP contribution in [0.25, 0.3) is 11.0 Å². The summed E-state index contributed by atoms with van der Waals surface area (Å²) in [6, 6.07) is 4.57. The van der Waals surface area contributed by atoms with Crippen LogP contribution in [0.1, 0.15) is 12.2 Å². The van der Waals surface area contributed by atoms with Crippen LogP contribution in [-0.2, 0) is 13.1 Å². The molecule has 0 aliphatic heterocycles. The maximum Gasteiger partial charge on any atom is 0.125 e. The van der Waals surface area contributed by atoms with Gasteiger partial charge in [-0.3, -0.25) is 5.41 Å². The highest BCUT2D eigenvalue weighted by Gasteiger charge is 2.12. The second kappa shape index (κ2) is 5.36. The number of rotatable bonds is 5. The molecule has 1 aromatic carbocycles. The Hall–Kier alpha value is -1.95. The summed E-state index contributed by atoms with van der Waals surface area (Å²) < 4.78 is 15.2. The van der Waals surface area contributed by atoms with E-state index in [9.17, 15) is 4.39 Å². The lowest BCUT2D eigenvalue weighted by Gasteiger charge is -2.12. The van der Waals surface area contributed by atoms with Gasteiger partial charge < -0.3 is 15.2 Å². The number of amidine groups is 1. The van der Waals surface area contributed by atoms with Crippen molar-refractivity contribution < 1.29 is 4.39 Å². The van der Waals surface area contributed by atoms with Crippen molar-refractivity contribution in [3.05, 3.63) is 29.8 Å². The zero-order valence-corrected chi connectivity index (χ0v) is 11.2. The third-order valence-electron chi connectivity index (χ3n) is 2.85. The number of fused-ring (bicyclic) bond motifs is 1. The molecular formula is C13H18FN5. The number of nitrogens with one attached hydrogen (secondary N) is 1. The van der Waals surface area contributed by atoms with Gasteiger partial charge in [-0.15, -0.1) is 0 Å². The number of hydrogen-bond donors (Lipinski definition) is 2. The van der Waals surface area contributed by atoms with Gasteiger partial charge in [0.2, 0.25) is 0 Å². The normalized spacial score (nSPS) is 11.4. The van der Waals surface area contributed by atoms with Crippen LogP contribution in [-0.4, -0.2) is 34.4 Å². The predicted molar refractivity (Wildman–Crippen MR) is 73.6 cm³/mol. The predicted octanol–water partition coefficient (Wildman–Crippen LogP) is 1.56. The molecule has 0 saturated heterocycles. The fraction of sp³-hybridized carbons (Fsp3) is 0.385. The Morgan fingerprint density at radius 2 is 2.21 bits per heavy atom. The minimum atomic E-state index is -0.292. The Balaban J connectivity index is 2.45. The van der Waals surface area contributed by atoms with Crippen LogP contribution in [0.5, 0.6) is 0 Å². The van der Waals surface area contributed by atoms with Gasteiger partial charge in [-0.25, -0.2) is 9.37 Å². The Bertz CT molecular complexity index is 602. The van der Waals surface area contributed by atoms with Crippen molar-refractivity contribution in [1.29, 1.82) is 5.41 Å². The number of benzene rings is 1. The molecule has 0 saturated carbocycles. The Morgan fingerprint density at radius 3 is 2.84 bits per heavy atom. The minimum absolute atomic E-state index is 0.139. The van der Waals surface area contributed by atoms with E-state index in [1.807, 2.05) is 23.6 Å². The van der Waals surface area contributed by atoms with Gasteiger partial charge in [-0.05, 0) is 26.2 Å². The molecule has 1 aromatic heterocycles. The molecular weight excluding hydrogens is 245 g/mol. The van der Waals surface area contributed by atoms with E-state index >= 15 is 0 Å². The molecule has 0 atom stereocenters. The summed E-state index contributed by atoms with van der Waals surface area (Å²) in [4.78, 5) is 6.46. The van der Waals surface area contributed by atoms with Crippen LogP contribution in [0.2, 0.25) is 0 Å². The second-order valence-corrected chi connectivity index (χ2v) is 4.83.